The summed E-state index contributed by atoms with van der Waals surface area (Å²) in [4.78, 5) is 28.1. The Kier molecular flexibility index (Phi) is 7.96. The Morgan fingerprint density at radius 3 is 2.34 bits per heavy atom. The van der Waals surface area contributed by atoms with E-state index in [1.165, 1.54) is 12.3 Å². The molecule has 29 heavy (non-hydrogen) atoms. The lowest BCUT2D eigenvalue weighted by Gasteiger charge is -2.20. The highest BCUT2D eigenvalue weighted by molar-refractivity contribution is 5.99. The number of ether oxygens (including phenoxy) is 3. The summed E-state index contributed by atoms with van der Waals surface area (Å²) in [5.74, 6) is 0.413. The van der Waals surface area contributed by atoms with Crippen LogP contribution >= 0.6 is 0 Å². The molecule has 10 nitrogen and oxygen atoms in total. The van der Waals surface area contributed by atoms with Crippen molar-refractivity contribution in [2.45, 2.75) is 72.1 Å². The number of aromatic nitrogens is 2. The number of nitrogens with one attached hydrogen (secondary N) is 1. The van der Waals surface area contributed by atoms with E-state index in [0.717, 1.165) is 4.68 Å². The molecule has 10 heteroatoms. The highest BCUT2D eigenvalue weighted by Crippen LogP contribution is 2.13. The first-order chi connectivity index (χ1) is 13.1. The van der Waals surface area contributed by atoms with E-state index in [1.54, 1.807) is 41.5 Å². The van der Waals surface area contributed by atoms with E-state index in [-0.39, 0.29) is 17.9 Å². The minimum absolute atomic E-state index is 0.122. The van der Waals surface area contributed by atoms with Crippen LogP contribution < -0.4 is 15.8 Å². The standard InChI is InChI=1S/C19H31N5O5/c1-12(20)11-13(2)27-14-9-10-24(23-14)15(21-16(25)28-18(3,4)5)22-17(26)29-19(6,7)8/h9-10,12H,2,11,20H2,1,3-8H3,(H,21,22,25,26). The molecule has 0 fully saturated rings. The summed E-state index contributed by atoms with van der Waals surface area (Å²) in [6, 6.07) is 1.40. The Hall–Kier alpha value is -2.88. The fourth-order valence-electron chi connectivity index (χ4n) is 1.93. The number of carbonyl (C=O) groups is 2. The van der Waals surface area contributed by atoms with Gasteiger partial charge >= 0.3 is 12.2 Å². The molecule has 1 rings (SSSR count). The van der Waals surface area contributed by atoms with Crippen molar-refractivity contribution in [1.82, 2.24) is 15.1 Å². The Bertz CT molecular complexity index is 769. The first kappa shape index (κ1) is 24.2. The van der Waals surface area contributed by atoms with Crippen molar-refractivity contribution < 1.29 is 23.8 Å². The van der Waals surface area contributed by atoms with Gasteiger partial charge in [-0.3, -0.25) is 5.32 Å². The zero-order valence-corrected chi connectivity index (χ0v) is 18.1. The molecule has 0 aliphatic carbocycles. The van der Waals surface area contributed by atoms with Gasteiger partial charge in [-0.15, -0.1) is 10.1 Å². The predicted octanol–water partition coefficient (Wildman–Crippen LogP) is 3.18. The topological polar surface area (TPSA) is 130 Å². The number of aliphatic imine (C=N–C) groups is 1. The van der Waals surface area contributed by atoms with Gasteiger partial charge in [-0.1, -0.05) is 6.58 Å². The van der Waals surface area contributed by atoms with Gasteiger partial charge in [0.2, 0.25) is 11.8 Å². The molecule has 3 N–H and O–H groups in total. The van der Waals surface area contributed by atoms with Crippen LogP contribution in [0.2, 0.25) is 0 Å². The maximum absolute atomic E-state index is 12.1. The normalized spacial score (nSPS) is 13.4. The average Bonchev–Trinajstić information content (AvgIpc) is 2.89. The molecule has 1 aromatic rings. The van der Waals surface area contributed by atoms with Crippen molar-refractivity contribution in [3.05, 3.63) is 24.6 Å². The van der Waals surface area contributed by atoms with Crippen molar-refractivity contribution in [3.8, 4) is 5.88 Å². The van der Waals surface area contributed by atoms with E-state index in [2.05, 4.69) is 22.0 Å². The fraction of sp³-hybridized carbons (Fsp3) is 0.579. The minimum Gasteiger partial charge on any atom is -0.444 e. The number of hydrogen-bond donors (Lipinski definition) is 2. The summed E-state index contributed by atoms with van der Waals surface area (Å²) in [6.07, 6.45) is 0.193. The third kappa shape index (κ3) is 10.3. The highest BCUT2D eigenvalue weighted by atomic mass is 16.6. The molecule has 0 aliphatic heterocycles. The first-order valence-corrected chi connectivity index (χ1v) is 9.13. The summed E-state index contributed by atoms with van der Waals surface area (Å²) in [6.45, 7) is 15.8. The summed E-state index contributed by atoms with van der Waals surface area (Å²) >= 11 is 0. The number of rotatable bonds is 4. The van der Waals surface area contributed by atoms with Crippen LogP contribution in [-0.4, -0.2) is 45.2 Å². The lowest BCUT2D eigenvalue weighted by Crippen LogP contribution is -2.40. The van der Waals surface area contributed by atoms with E-state index in [1.807, 2.05) is 6.92 Å². The van der Waals surface area contributed by atoms with Crippen LogP contribution in [0.25, 0.3) is 0 Å². The van der Waals surface area contributed by atoms with Gasteiger partial charge in [-0.2, -0.15) is 0 Å². The average molecular weight is 409 g/mol. The maximum atomic E-state index is 12.1. The van der Waals surface area contributed by atoms with E-state index in [4.69, 9.17) is 19.9 Å². The minimum atomic E-state index is -0.900. The third-order valence-corrected chi connectivity index (χ3v) is 2.78. The second-order valence-electron chi connectivity index (χ2n) is 8.46. The lowest BCUT2D eigenvalue weighted by molar-refractivity contribution is 0.0560. The van der Waals surface area contributed by atoms with Crippen molar-refractivity contribution in [3.63, 3.8) is 0 Å². The molecule has 162 valence electrons. The largest absolute Gasteiger partial charge is 0.444 e. The van der Waals surface area contributed by atoms with Crippen molar-refractivity contribution in [1.29, 1.82) is 0 Å². The molecular weight excluding hydrogens is 378 g/mol. The fourth-order valence-corrected chi connectivity index (χ4v) is 1.93. The van der Waals surface area contributed by atoms with Gasteiger partial charge in [0.1, 0.15) is 17.0 Å². The molecule has 1 heterocycles. The van der Waals surface area contributed by atoms with E-state index < -0.39 is 23.4 Å². The van der Waals surface area contributed by atoms with Gasteiger partial charge in [0, 0.05) is 24.7 Å². The Balaban J connectivity index is 3.06. The second-order valence-corrected chi connectivity index (χ2v) is 8.46. The molecule has 0 saturated heterocycles. The molecule has 1 aromatic heterocycles. The zero-order valence-electron chi connectivity index (χ0n) is 18.1. The quantitative estimate of drug-likeness (QED) is 0.444. The molecule has 0 bridgehead atoms. The third-order valence-electron chi connectivity index (χ3n) is 2.78. The van der Waals surface area contributed by atoms with Crippen LogP contribution in [0.5, 0.6) is 5.88 Å². The van der Waals surface area contributed by atoms with Crippen LogP contribution in [0.1, 0.15) is 54.9 Å². The zero-order chi connectivity index (χ0) is 22.4. The van der Waals surface area contributed by atoms with Gasteiger partial charge < -0.3 is 19.9 Å². The van der Waals surface area contributed by atoms with Crippen LogP contribution in [0, 0.1) is 0 Å². The summed E-state index contributed by atoms with van der Waals surface area (Å²) in [5, 5.41) is 6.54. The highest BCUT2D eigenvalue weighted by Gasteiger charge is 2.22. The van der Waals surface area contributed by atoms with Crippen molar-refractivity contribution in [2.24, 2.45) is 10.7 Å². The number of amides is 2. The molecule has 2 amide bonds. The Morgan fingerprint density at radius 2 is 1.83 bits per heavy atom. The Labute approximate surface area is 171 Å². The molecule has 1 atom stereocenters. The van der Waals surface area contributed by atoms with Crippen molar-refractivity contribution >= 4 is 18.1 Å². The summed E-state index contributed by atoms with van der Waals surface area (Å²) in [7, 11) is 0. The van der Waals surface area contributed by atoms with Crippen LogP contribution in [0.4, 0.5) is 9.59 Å². The SMILES string of the molecule is C=C(CC(C)N)Oc1ccn(/C(=N\C(=O)OC(C)(C)C)NC(=O)OC(C)(C)C)n1. The van der Waals surface area contributed by atoms with Gasteiger partial charge in [0.15, 0.2) is 0 Å². The summed E-state index contributed by atoms with van der Waals surface area (Å²) in [5.41, 5.74) is 4.22. The number of nitrogens with two attached hydrogens (primary N) is 1. The monoisotopic (exact) mass is 409 g/mol. The van der Waals surface area contributed by atoms with Crippen LogP contribution in [-0.2, 0) is 9.47 Å². The summed E-state index contributed by atoms with van der Waals surface area (Å²) < 4.78 is 17.0. The number of alkyl carbamates (subject to hydrolysis) is 1. The predicted molar refractivity (Wildman–Crippen MR) is 109 cm³/mol. The number of hydrogen-bond acceptors (Lipinski definition) is 7. The number of nitrogens with zero attached hydrogens (tertiary/aromatic N) is 3. The molecule has 0 aliphatic rings. The Morgan fingerprint density at radius 1 is 1.24 bits per heavy atom. The number of carbonyl (C=O) groups excluding carboxylic acids is 2. The van der Waals surface area contributed by atoms with Crippen LogP contribution in [0.15, 0.2) is 29.6 Å². The van der Waals surface area contributed by atoms with Gasteiger partial charge in [0.05, 0.1) is 0 Å². The maximum Gasteiger partial charge on any atom is 0.437 e. The van der Waals surface area contributed by atoms with Gasteiger partial charge in [-0.25, -0.2) is 14.3 Å². The smallest absolute Gasteiger partial charge is 0.437 e. The molecule has 0 spiro atoms. The van der Waals surface area contributed by atoms with E-state index in [9.17, 15) is 9.59 Å². The van der Waals surface area contributed by atoms with Crippen LogP contribution in [0.3, 0.4) is 0 Å². The lowest BCUT2D eigenvalue weighted by atomic mass is 10.2. The first-order valence-electron chi connectivity index (χ1n) is 9.13. The molecule has 1 unspecified atom stereocenters. The molecule has 0 radical (unpaired) electrons. The van der Waals surface area contributed by atoms with E-state index >= 15 is 0 Å². The molecular formula is C19H31N5O5. The molecule has 0 aromatic carbocycles. The van der Waals surface area contributed by atoms with E-state index in [0.29, 0.717) is 12.2 Å². The van der Waals surface area contributed by atoms with Crippen molar-refractivity contribution in [2.75, 3.05) is 0 Å². The second kappa shape index (κ2) is 9.55. The molecule has 0 saturated carbocycles. The van der Waals surface area contributed by atoms with Gasteiger partial charge in [-0.05, 0) is 48.5 Å². The van der Waals surface area contributed by atoms with Gasteiger partial charge in [0.25, 0.3) is 0 Å².